The van der Waals surface area contributed by atoms with E-state index in [1.54, 1.807) is 0 Å². The number of nitrogens with one attached hydrogen (secondary N) is 9. The van der Waals surface area contributed by atoms with E-state index in [-0.39, 0.29) is 22.7 Å². The molecule has 2 aliphatic rings. The van der Waals surface area contributed by atoms with E-state index in [9.17, 15) is 0 Å². The van der Waals surface area contributed by atoms with Crippen LogP contribution in [0.15, 0.2) is 200 Å². The van der Waals surface area contributed by atoms with Crippen molar-refractivity contribution in [1.82, 2.24) is 39.6 Å². The van der Waals surface area contributed by atoms with Gasteiger partial charge in [-0.25, -0.2) is 105 Å². The van der Waals surface area contributed by atoms with Crippen molar-refractivity contribution < 1.29 is 70.2 Å². The number of para-hydroxylation sites is 8. The maximum atomic E-state index is 17.5. The predicted molar refractivity (Wildman–Crippen MR) is 393 cm³/mol. The van der Waals surface area contributed by atoms with Crippen molar-refractivity contribution in [3.05, 3.63) is 293 Å². The summed E-state index contributed by atoms with van der Waals surface area (Å²) >= 11 is 0. The average Bonchev–Trinajstić information content (AvgIpc) is 1.55. The van der Waals surface area contributed by atoms with Crippen molar-refractivity contribution in [3.8, 4) is 45.6 Å². The zero-order chi connectivity index (χ0) is 77.7. The minimum atomic E-state index is -2.53. The first-order valence-corrected chi connectivity index (χ1v) is 33.3. The second-order valence-corrected chi connectivity index (χ2v) is 25.0. The van der Waals surface area contributed by atoms with Gasteiger partial charge in [-0.3, -0.25) is 5.43 Å². The van der Waals surface area contributed by atoms with Crippen molar-refractivity contribution in [2.75, 3.05) is 42.6 Å². The number of aromatic nitrogens is 8. The second-order valence-electron chi connectivity index (χ2n) is 25.0. The Morgan fingerprint density at radius 3 is 0.893 bits per heavy atom. The van der Waals surface area contributed by atoms with Crippen molar-refractivity contribution in [1.29, 1.82) is 0 Å². The van der Waals surface area contributed by atoms with Gasteiger partial charge in [-0.15, -0.1) is 0 Å². The highest BCUT2D eigenvalue weighted by molar-refractivity contribution is 6.27. The van der Waals surface area contributed by atoms with E-state index in [0.717, 1.165) is 59.3 Å². The molecule has 0 radical (unpaired) electrons. The lowest BCUT2D eigenvalue weighted by Gasteiger charge is -2.25. The summed E-state index contributed by atoms with van der Waals surface area (Å²) < 4.78 is 269. The van der Waals surface area contributed by atoms with Crippen molar-refractivity contribution >= 4 is 129 Å². The minimum Gasteiger partial charge on any atom is -0.351 e. The molecule has 12 aromatic carbocycles. The summed E-state index contributed by atoms with van der Waals surface area (Å²) in [7, 11) is 0. The molecule has 0 atom stereocenters. The Kier molecular flexibility index (Phi) is 17.4. The Balaban J connectivity index is 1.18. The van der Waals surface area contributed by atoms with E-state index < -0.39 is 245 Å². The molecular formula is C80H42F16N16. The number of H-pyrrole nitrogens is 1. The predicted octanol–water partition coefficient (Wildman–Crippen LogP) is 22.6. The number of fused-ring (bicyclic) bond motifs is 20. The third kappa shape index (κ3) is 12.0. The van der Waals surface area contributed by atoms with Crippen molar-refractivity contribution in [2.24, 2.45) is 0 Å². The summed E-state index contributed by atoms with van der Waals surface area (Å²) in [6, 6.07) is 40.6. The number of hydrogen-bond acceptors (Lipinski definition) is 14. The molecule has 32 heteroatoms. The SMILES string of the molecule is Fc1ccccc1Nc1cc2c(c(Nc3ccccc3F)c1Nc1ccccc1F)-c1nc-2nc2[nH]c(nc3nc(nc4c5c(Nc6ccccc6F)c(Nc6ccccc6F)c(Nc6ccccc6F)c(Nc6ccccc6F)c5c(n1)n4Nc1ccccc1F)-c1c(F)c(F)c(F)c(F)c1-3)c1c(F)c(F)c(F)c(F)c21. The molecule has 0 saturated heterocycles. The van der Waals surface area contributed by atoms with Crippen LogP contribution in [0.2, 0.25) is 0 Å². The van der Waals surface area contributed by atoms with E-state index >= 15 is 70.2 Å². The van der Waals surface area contributed by atoms with Crippen LogP contribution in [-0.4, -0.2) is 39.6 Å². The lowest BCUT2D eigenvalue weighted by atomic mass is 10.0. The zero-order valence-electron chi connectivity index (χ0n) is 56.2. The molecule has 0 aliphatic carbocycles. The molecule has 2 aliphatic heterocycles. The highest BCUT2D eigenvalue weighted by atomic mass is 19.2. The first-order chi connectivity index (χ1) is 54.2. The number of rotatable bonds is 16. The Labute approximate surface area is 618 Å². The van der Waals surface area contributed by atoms with Crippen LogP contribution in [0.5, 0.6) is 0 Å². The van der Waals surface area contributed by atoms with Gasteiger partial charge in [0.15, 0.2) is 81.1 Å². The standard InChI is InChI=1S/C80H42F16N16/c81-35-17-1-9-25-43(35)97-51-33-34-52(68(99-45-27-11-3-19-37(45)83)67(51)98-44-26-10-2-18-36(44)82)74-104-73(34)105-75-53-54(60(90)64(94)63(93)59(53)89)76(106-75)107-77-55-56(62(92)66(96)65(95)61(55)91)78(108-77)110-80-58-57(79(109-74)112(80)111-50-32-16-8-24-42(50)88)69(100-46-28-12-4-20-38(46)84)71(102-48-30-14-6-22-40(48)86)72(103-49-31-15-7-23-41(49)87)70(58)101-47-29-13-5-21-39(47)85/h1-33,97-103,111H,(H,104,105,106,107,108,109,110). The van der Waals surface area contributed by atoms with Gasteiger partial charge in [0.2, 0.25) is 0 Å². The molecular weight excluding hydrogens is 1490 g/mol. The number of anilines is 15. The van der Waals surface area contributed by atoms with Gasteiger partial charge >= 0.3 is 0 Å². The van der Waals surface area contributed by atoms with Gasteiger partial charge in [0.05, 0.1) is 124 Å². The van der Waals surface area contributed by atoms with Crippen molar-refractivity contribution in [3.63, 3.8) is 0 Å². The van der Waals surface area contributed by atoms with Crippen LogP contribution in [0, 0.1) is 93.1 Å². The van der Waals surface area contributed by atoms with Crippen LogP contribution < -0.4 is 42.6 Å². The maximum absolute atomic E-state index is 17.5. The average molecular weight is 1530 g/mol. The van der Waals surface area contributed by atoms with Crippen LogP contribution in [0.3, 0.4) is 0 Å². The monoisotopic (exact) mass is 1530 g/mol. The molecule has 15 aromatic rings. The molecule has 554 valence electrons. The molecule has 9 N–H and O–H groups in total. The quantitative estimate of drug-likeness (QED) is 0.0252. The molecule has 112 heavy (non-hydrogen) atoms. The van der Waals surface area contributed by atoms with Crippen LogP contribution in [0.25, 0.3) is 89.7 Å². The van der Waals surface area contributed by atoms with Gasteiger partial charge in [-0.1, -0.05) is 97.1 Å². The molecule has 16 nitrogen and oxygen atoms in total. The van der Waals surface area contributed by atoms with Gasteiger partial charge < -0.3 is 42.2 Å². The highest BCUT2D eigenvalue weighted by Gasteiger charge is 2.38. The number of nitrogens with zero attached hydrogens (tertiary/aromatic N) is 7. The Hall–Kier alpha value is -14.7. The molecule has 0 spiro atoms. The van der Waals surface area contributed by atoms with E-state index in [1.807, 2.05) is 0 Å². The maximum Gasteiger partial charge on any atom is 0.198 e. The first kappa shape index (κ1) is 70.3. The highest BCUT2D eigenvalue weighted by Crippen LogP contribution is 2.56. The van der Waals surface area contributed by atoms with E-state index in [1.165, 1.54) is 146 Å². The molecule has 8 bridgehead atoms. The smallest absolute Gasteiger partial charge is 0.198 e. The lowest BCUT2D eigenvalue weighted by Crippen LogP contribution is -2.12. The molecule has 0 amide bonds. The number of halogens is 16. The summed E-state index contributed by atoms with van der Waals surface area (Å²) in [5, 5.41) is 17.1. The van der Waals surface area contributed by atoms with Gasteiger partial charge in [0, 0.05) is 5.56 Å². The van der Waals surface area contributed by atoms with E-state index in [0.29, 0.717) is 0 Å². The number of aromatic amines is 1. The number of hydrogen-bond donors (Lipinski definition) is 9. The zero-order valence-corrected chi connectivity index (χ0v) is 56.2. The van der Waals surface area contributed by atoms with Gasteiger partial charge in [0.25, 0.3) is 0 Å². The molecule has 3 aromatic heterocycles. The summed E-state index contributed by atoms with van der Waals surface area (Å²) in [6.45, 7) is 0. The summed E-state index contributed by atoms with van der Waals surface area (Å²) in [5.41, 5.74) is -11.4. The molecule has 0 saturated carbocycles. The summed E-state index contributed by atoms with van der Waals surface area (Å²) in [5.74, 6) is -31.2. The normalized spacial score (nSPS) is 11.6. The molecule has 0 unspecified atom stereocenters. The second kappa shape index (κ2) is 27.8. The van der Waals surface area contributed by atoms with Crippen LogP contribution in [-0.2, 0) is 0 Å². The fraction of sp³-hybridized carbons (Fsp3) is 0. The minimum absolute atomic E-state index is 0.295. The Bertz CT molecular complexity index is 6680. The van der Waals surface area contributed by atoms with Gasteiger partial charge in [-0.2, -0.15) is 0 Å². The van der Waals surface area contributed by atoms with Gasteiger partial charge in [-0.05, 0) is 103 Å². The molecule has 17 rings (SSSR count). The summed E-state index contributed by atoms with van der Waals surface area (Å²) in [4.78, 5) is 30.5. The Morgan fingerprint density at radius 2 is 0.518 bits per heavy atom. The van der Waals surface area contributed by atoms with Gasteiger partial charge in [0.1, 0.15) is 57.8 Å². The third-order valence-electron chi connectivity index (χ3n) is 18.2. The third-order valence-corrected chi connectivity index (χ3v) is 18.2. The van der Waals surface area contributed by atoms with Crippen LogP contribution in [0.4, 0.5) is 156 Å². The largest absolute Gasteiger partial charge is 0.351 e. The van der Waals surface area contributed by atoms with E-state index in [4.69, 9.17) is 15.0 Å². The lowest BCUT2D eigenvalue weighted by molar-refractivity contribution is 0.412. The van der Waals surface area contributed by atoms with Crippen LogP contribution in [0.1, 0.15) is 0 Å². The molecule has 5 heterocycles. The van der Waals surface area contributed by atoms with Crippen LogP contribution >= 0.6 is 0 Å². The summed E-state index contributed by atoms with van der Waals surface area (Å²) in [6.07, 6.45) is 0. The Morgan fingerprint density at radius 1 is 0.232 bits per heavy atom. The molecule has 0 fully saturated rings. The van der Waals surface area contributed by atoms with E-state index in [2.05, 4.69) is 62.6 Å². The first-order valence-electron chi connectivity index (χ1n) is 33.3. The fourth-order valence-corrected chi connectivity index (χ4v) is 13.0. The number of benzene rings is 12. The topological polar surface area (TPSA) is 194 Å². The fourth-order valence-electron chi connectivity index (χ4n) is 13.0. The van der Waals surface area contributed by atoms with Crippen molar-refractivity contribution in [2.45, 2.75) is 0 Å².